The Labute approximate surface area is 174 Å². The van der Waals surface area contributed by atoms with Crippen molar-refractivity contribution < 1.29 is 9.53 Å². The first-order chi connectivity index (χ1) is 14.3. The van der Waals surface area contributed by atoms with Gasteiger partial charge in [0.15, 0.2) is 0 Å². The van der Waals surface area contributed by atoms with Gasteiger partial charge in [-0.05, 0) is 62.4 Å². The summed E-state index contributed by atoms with van der Waals surface area (Å²) < 4.78 is 6.07. The van der Waals surface area contributed by atoms with Gasteiger partial charge in [-0.1, -0.05) is 55.0 Å². The number of hydrogen-bond donors (Lipinski definition) is 1. The molecule has 0 aliphatic carbocycles. The number of nitrogens with one attached hydrogen (secondary N) is 1. The fourth-order valence-corrected chi connectivity index (χ4v) is 4.64. The minimum absolute atomic E-state index is 0.0361. The van der Waals surface area contributed by atoms with Gasteiger partial charge in [0.1, 0.15) is 6.10 Å². The number of ether oxygens (including phenoxy) is 1. The molecule has 2 atom stereocenters. The normalized spacial score (nSPS) is 24.1. The number of para-hydroxylation sites is 1. The Morgan fingerprint density at radius 3 is 2.34 bits per heavy atom. The maximum absolute atomic E-state index is 13.1. The zero-order valence-corrected chi connectivity index (χ0v) is 17.1. The average Bonchev–Trinajstić information content (AvgIpc) is 2.78. The Morgan fingerprint density at radius 1 is 1.00 bits per heavy atom. The first kappa shape index (κ1) is 20.0. The zero-order chi connectivity index (χ0) is 19.9. The zero-order valence-electron chi connectivity index (χ0n) is 17.1. The molecule has 2 unspecified atom stereocenters. The van der Waals surface area contributed by atoms with Gasteiger partial charge < -0.3 is 10.1 Å². The van der Waals surface area contributed by atoms with Crippen LogP contribution in [0.3, 0.4) is 0 Å². The number of hydrogen-bond acceptors (Lipinski definition) is 4. The average molecular weight is 393 g/mol. The largest absolute Gasteiger partial charge is 0.460 e. The van der Waals surface area contributed by atoms with Gasteiger partial charge in [-0.2, -0.15) is 0 Å². The van der Waals surface area contributed by atoms with E-state index in [4.69, 9.17) is 4.74 Å². The Morgan fingerprint density at radius 2 is 1.69 bits per heavy atom. The van der Waals surface area contributed by atoms with E-state index in [-0.39, 0.29) is 18.0 Å². The van der Waals surface area contributed by atoms with E-state index < -0.39 is 0 Å². The van der Waals surface area contributed by atoms with E-state index in [1.54, 1.807) is 0 Å². The van der Waals surface area contributed by atoms with Gasteiger partial charge >= 0.3 is 5.97 Å². The molecule has 3 fully saturated rings. The van der Waals surface area contributed by atoms with Crippen molar-refractivity contribution in [3.8, 4) is 0 Å². The third-order valence-corrected chi connectivity index (χ3v) is 6.37. The lowest BCUT2D eigenvalue weighted by molar-refractivity contribution is -0.160. The molecule has 2 aromatic carbocycles. The second-order valence-electron chi connectivity index (χ2n) is 8.37. The van der Waals surface area contributed by atoms with Crippen LogP contribution >= 0.6 is 0 Å². The molecule has 1 N–H and O–H groups in total. The predicted molar refractivity (Wildman–Crippen MR) is 117 cm³/mol. The molecule has 0 aromatic heterocycles. The minimum Gasteiger partial charge on any atom is -0.460 e. The van der Waals surface area contributed by atoms with Crippen LogP contribution < -0.4 is 5.32 Å². The molecular weight excluding hydrogens is 360 g/mol. The number of anilines is 1. The second-order valence-corrected chi connectivity index (χ2v) is 8.37. The lowest BCUT2D eigenvalue weighted by Crippen LogP contribution is -2.52. The Kier molecular flexibility index (Phi) is 6.83. The second kappa shape index (κ2) is 9.93. The number of unbranched alkanes of at least 4 members (excludes halogenated alkanes) is 1. The number of nitrogens with zero attached hydrogens (tertiary/aromatic N) is 1. The summed E-state index contributed by atoms with van der Waals surface area (Å²) in [6.07, 6.45) is 5.27. The molecule has 3 heterocycles. The molecule has 3 aliphatic heterocycles. The van der Waals surface area contributed by atoms with Crippen LogP contribution in [0.2, 0.25) is 0 Å². The fourth-order valence-electron chi connectivity index (χ4n) is 4.64. The van der Waals surface area contributed by atoms with Crippen molar-refractivity contribution in [2.24, 2.45) is 5.92 Å². The molecule has 0 radical (unpaired) electrons. The van der Waals surface area contributed by atoms with Crippen LogP contribution in [0, 0.1) is 5.92 Å². The third-order valence-electron chi connectivity index (χ3n) is 6.37. The van der Waals surface area contributed by atoms with E-state index in [2.05, 4.69) is 34.5 Å². The molecule has 0 amide bonds. The van der Waals surface area contributed by atoms with Gasteiger partial charge in [-0.25, -0.2) is 0 Å². The maximum Gasteiger partial charge on any atom is 0.313 e. The van der Waals surface area contributed by atoms with Crippen molar-refractivity contribution >= 4 is 11.7 Å². The van der Waals surface area contributed by atoms with E-state index in [0.29, 0.717) is 5.92 Å². The number of carbonyl (C=O) groups excluding carboxylic acids is 1. The highest BCUT2D eigenvalue weighted by Gasteiger charge is 2.37. The molecule has 29 heavy (non-hydrogen) atoms. The van der Waals surface area contributed by atoms with Crippen molar-refractivity contribution in [1.82, 2.24) is 4.90 Å². The number of esters is 1. The van der Waals surface area contributed by atoms with Gasteiger partial charge in [-0.3, -0.25) is 9.69 Å². The van der Waals surface area contributed by atoms with Crippen molar-refractivity contribution in [2.75, 3.05) is 31.5 Å². The van der Waals surface area contributed by atoms with Gasteiger partial charge in [0.05, 0.1) is 5.92 Å². The van der Waals surface area contributed by atoms with Gasteiger partial charge in [0.2, 0.25) is 0 Å². The van der Waals surface area contributed by atoms with Gasteiger partial charge in [0, 0.05) is 18.8 Å². The monoisotopic (exact) mass is 392 g/mol. The number of rotatable bonds is 9. The summed E-state index contributed by atoms with van der Waals surface area (Å²) in [7, 11) is 0. The maximum atomic E-state index is 13.1. The SMILES string of the molecule is O=C(OC1CN2CCC1CC2)C(CCCCNc1ccccc1)c1ccccc1. The molecular formula is C25H32N2O2. The summed E-state index contributed by atoms with van der Waals surface area (Å²) in [6, 6.07) is 20.4. The Balaban J connectivity index is 1.31. The predicted octanol–water partition coefficient (Wildman–Crippen LogP) is 4.69. The number of piperidine rings is 3. The van der Waals surface area contributed by atoms with Gasteiger partial charge in [-0.15, -0.1) is 0 Å². The van der Waals surface area contributed by atoms with Crippen LogP contribution in [0.1, 0.15) is 43.6 Å². The Hall–Kier alpha value is -2.33. The van der Waals surface area contributed by atoms with Crippen LogP contribution in [0.25, 0.3) is 0 Å². The smallest absolute Gasteiger partial charge is 0.313 e. The lowest BCUT2D eigenvalue weighted by Gasteiger charge is -2.44. The summed E-state index contributed by atoms with van der Waals surface area (Å²) in [4.78, 5) is 15.6. The van der Waals surface area contributed by atoms with Crippen molar-refractivity contribution in [2.45, 2.75) is 44.1 Å². The van der Waals surface area contributed by atoms with E-state index in [9.17, 15) is 4.79 Å². The molecule has 3 saturated heterocycles. The molecule has 154 valence electrons. The summed E-state index contributed by atoms with van der Waals surface area (Å²) in [5.41, 5.74) is 2.23. The molecule has 0 spiro atoms. The standard InChI is InChI=1S/C25H32N2O2/c28-25(29-24-19-27-17-14-21(24)15-18-27)23(20-9-3-1-4-10-20)13-7-8-16-26-22-11-5-2-6-12-22/h1-6,9-12,21,23-24,26H,7-8,13-19H2. The molecule has 4 nitrogen and oxygen atoms in total. The van der Waals surface area contributed by atoms with E-state index in [1.807, 2.05) is 36.4 Å². The van der Waals surface area contributed by atoms with Crippen LogP contribution in [0.5, 0.6) is 0 Å². The highest BCUT2D eigenvalue weighted by atomic mass is 16.5. The quantitative estimate of drug-likeness (QED) is 0.497. The number of fused-ring (bicyclic) bond motifs is 3. The van der Waals surface area contributed by atoms with Crippen LogP contribution in [0.15, 0.2) is 60.7 Å². The molecule has 0 saturated carbocycles. The van der Waals surface area contributed by atoms with Crippen LogP contribution in [-0.2, 0) is 9.53 Å². The van der Waals surface area contributed by atoms with E-state index in [0.717, 1.165) is 56.7 Å². The van der Waals surface area contributed by atoms with Crippen molar-refractivity contribution in [3.05, 3.63) is 66.2 Å². The van der Waals surface area contributed by atoms with Gasteiger partial charge in [0.25, 0.3) is 0 Å². The number of benzene rings is 2. The minimum atomic E-state index is -0.164. The summed E-state index contributed by atoms with van der Waals surface area (Å²) in [5.74, 6) is 0.352. The lowest BCUT2D eigenvalue weighted by atomic mass is 9.85. The van der Waals surface area contributed by atoms with Crippen molar-refractivity contribution in [1.29, 1.82) is 0 Å². The Bertz CT molecular complexity index is 757. The first-order valence-corrected chi connectivity index (χ1v) is 11.1. The molecule has 3 aliphatic rings. The topological polar surface area (TPSA) is 41.6 Å². The molecule has 2 aromatic rings. The fraction of sp³-hybridized carbons (Fsp3) is 0.480. The summed E-state index contributed by atoms with van der Waals surface area (Å²) in [5, 5.41) is 3.45. The number of carbonyl (C=O) groups is 1. The van der Waals surface area contributed by atoms with Crippen LogP contribution in [-0.4, -0.2) is 43.2 Å². The highest BCUT2D eigenvalue weighted by Crippen LogP contribution is 2.32. The molecule has 2 bridgehead atoms. The van der Waals surface area contributed by atoms with Crippen LogP contribution in [0.4, 0.5) is 5.69 Å². The van der Waals surface area contributed by atoms with E-state index in [1.165, 1.54) is 12.8 Å². The third kappa shape index (κ3) is 5.39. The highest BCUT2D eigenvalue weighted by molar-refractivity contribution is 5.78. The molecule has 5 rings (SSSR count). The summed E-state index contributed by atoms with van der Waals surface area (Å²) >= 11 is 0. The first-order valence-electron chi connectivity index (χ1n) is 11.1. The molecule has 4 heteroatoms. The summed E-state index contributed by atoms with van der Waals surface area (Å²) in [6.45, 7) is 4.16. The van der Waals surface area contributed by atoms with Crippen molar-refractivity contribution in [3.63, 3.8) is 0 Å². The van der Waals surface area contributed by atoms with E-state index >= 15 is 0 Å².